The first-order valence-electron chi connectivity index (χ1n) is 6.63. The highest BCUT2D eigenvalue weighted by atomic mass is 79.9. The highest BCUT2D eigenvalue weighted by molar-refractivity contribution is 9.10. The first-order valence-corrected chi connectivity index (χ1v) is 7.43. The molecule has 1 aromatic carbocycles. The van der Waals surface area contributed by atoms with Crippen molar-refractivity contribution in [3.05, 3.63) is 28.2 Å². The molecule has 2 aliphatic rings. The van der Waals surface area contributed by atoms with E-state index in [9.17, 15) is 0 Å². The Morgan fingerprint density at radius 3 is 2.78 bits per heavy atom. The van der Waals surface area contributed by atoms with Crippen molar-refractivity contribution in [2.75, 3.05) is 0 Å². The fraction of sp³-hybridized carbons (Fsp3) is 0.600. The van der Waals surface area contributed by atoms with E-state index in [4.69, 9.17) is 10.5 Å². The molecule has 98 valence electrons. The molecule has 3 heteroatoms. The smallest absolute Gasteiger partial charge is 0.124 e. The quantitative estimate of drug-likeness (QED) is 0.780. The van der Waals surface area contributed by atoms with E-state index < -0.39 is 0 Å². The van der Waals surface area contributed by atoms with Crippen LogP contribution >= 0.6 is 15.9 Å². The summed E-state index contributed by atoms with van der Waals surface area (Å²) >= 11 is 3.50. The second-order valence-electron chi connectivity index (χ2n) is 6.62. The second kappa shape index (κ2) is 3.97. The summed E-state index contributed by atoms with van der Waals surface area (Å²) in [7, 11) is 0. The van der Waals surface area contributed by atoms with Crippen LogP contribution in [-0.4, -0.2) is 5.60 Å². The number of halogens is 1. The van der Waals surface area contributed by atoms with Crippen molar-refractivity contribution >= 4 is 15.9 Å². The molecule has 1 aliphatic carbocycles. The molecular weight excluding hydrogens is 290 g/mol. The molecule has 1 fully saturated rings. The maximum atomic E-state index is 6.36. The Balaban J connectivity index is 1.95. The zero-order chi connectivity index (χ0) is 13.0. The summed E-state index contributed by atoms with van der Waals surface area (Å²) in [4.78, 5) is 0. The zero-order valence-electron chi connectivity index (χ0n) is 11.0. The fourth-order valence-electron chi connectivity index (χ4n) is 3.56. The minimum atomic E-state index is -0.0241. The number of nitrogens with two attached hydrogens (primary N) is 1. The van der Waals surface area contributed by atoms with Crippen LogP contribution in [-0.2, 0) is 0 Å². The predicted molar refractivity (Wildman–Crippen MR) is 76.7 cm³/mol. The lowest BCUT2D eigenvalue weighted by Crippen LogP contribution is -2.41. The summed E-state index contributed by atoms with van der Waals surface area (Å²) in [5.41, 5.74) is 7.85. The molecule has 18 heavy (non-hydrogen) atoms. The Kier molecular flexibility index (Phi) is 2.76. The van der Waals surface area contributed by atoms with Crippen molar-refractivity contribution in [1.29, 1.82) is 0 Å². The standard InChI is InChI=1S/C15H20BrNO/c1-14(2)5-6-15(9-14)8-12(17)11-7-10(16)3-4-13(11)18-15/h3-4,7,12H,5-6,8-9,17H2,1-2H3/t12-,15?/m0/s1. The van der Waals surface area contributed by atoms with Crippen LogP contribution in [0.5, 0.6) is 5.75 Å². The topological polar surface area (TPSA) is 35.2 Å². The van der Waals surface area contributed by atoms with E-state index in [1.54, 1.807) is 0 Å². The Morgan fingerprint density at radius 2 is 2.11 bits per heavy atom. The molecule has 1 heterocycles. The van der Waals surface area contributed by atoms with Crippen LogP contribution in [0.25, 0.3) is 0 Å². The average molecular weight is 310 g/mol. The van der Waals surface area contributed by atoms with Gasteiger partial charge in [0.25, 0.3) is 0 Å². The van der Waals surface area contributed by atoms with Gasteiger partial charge in [0.1, 0.15) is 11.4 Å². The van der Waals surface area contributed by atoms with E-state index in [2.05, 4.69) is 35.8 Å². The van der Waals surface area contributed by atoms with Crippen molar-refractivity contribution < 1.29 is 4.74 Å². The fourth-order valence-corrected chi connectivity index (χ4v) is 3.94. The maximum Gasteiger partial charge on any atom is 0.124 e. The van der Waals surface area contributed by atoms with Crippen LogP contribution in [0, 0.1) is 5.41 Å². The molecule has 0 aromatic heterocycles. The Hall–Kier alpha value is -0.540. The molecular formula is C15H20BrNO. The van der Waals surface area contributed by atoms with Gasteiger partial charge in [0.2, 0.25) is 0 Å². The molecule has 2 nitrogen and oxygen atoms in total. The highest BCUT2D eigenvalue weighted by Crippen LogP contribution is 2.52. The number of hydrogen-bond acceptors (Lipinski definition) is 2. The number of rotatable bonds is 0. The molecule has 2 atom stereocenters. The third-order valence-electron chi connectivity index (χ3n) is 4.35. The molecule has 1 aliphatic heterocycles. The van der Waals surface area contributed by atoms with Gasteiger partial charge in [-0.2, -0.15) is 0 Å². The second-order valence-corrected chi connectivity index (χ2v) is 7.53. The van der Waals surface area contributed by atoms with E-state index in [1.807, 2.05) is 12.1 Å². The van der Waals surface area contributed by atoms with Gasteiger partial charge in [-0.15, -0.1) is 0 Å². The number of benzene rings is 1. The molecule has 1 saturated carbocycles. The summed E-state index contributed by atoms with van der Waals surface area (Å²) in [6.07, 6.45) is 4.41. The summed E-state index contributed by atoms with van der Waals surface area (Å²) in [5.74, 6) is 0.981. The number of hydrogen-bond donors (Lipinski definition) is 1. The van der Waals surface area contributed by atoms with Crippen LogP contribution in [0.2, 0.25) is 0 Å². The van der Waals surface area contributed by atoms with Crippen molar-refractivity contribution in [3.8, 4) is 5.75 Å². The van der Waals surface area contributed by atoms with Gasteiger partial charge in [-0.1, -0.05) is 29.8 Å². The van der Waals surface area contributed by atoms with Crippen molar-refractivity contribution in [2.24, 2.45) is 11.1 Å². The number of fused-ring (bicyclic) bond motifs is 1. The number of ether oxygens (including phenoxy) is 1. The van der Waals surface area contributed by atoms with E-state index in [0.29, 0.717) is 5.41 Å². The SMILES string of the molecule is CC1(C)CCC2(C[C@H](N)c3cc(Br)ccc3O2)C1. The van der Waals surface area contributed by atoms with E-state index in [0.717, 1.165) is 35.0 Å². The van der Waals surface area contributed by atoms with E-state index in [-0.39, 0.29) is 11.6 Å². The lowest BCUT2D eigenvalue weighted by Gasteiger charge is -2.39. The molecule has 0 bridgehead atoms. The lowest BCUT2D eigenvalue weighted by atomic mass is 9.83. The summed E-state index contributed by atoms with van der Waals surface area (Å²) < 4.78 is 7.41. The van der Waals surface area contributed by atoms with Crippen molar-refractivity contribution in [3.63, 3.8) is 0 Å². The van der Waals surface area contributed by atoms with Crippen molar-refractivity contribution in [2.45, 2.75) is 51.2 Å². The van der Waals surface area contributed by atoms with Gasteiger partial charge >= 0.3 is 0 Å². The molecule has 1 spiro atoms. The molecule has 1 aromatic rings. The molecule has 0 saturated heterocycles. The minimum absolute atomic E-state index is 0.0241. The maximum absolute atomic E-state index is 6.36. The highest BCUT2D eigenvalue weighted by Gasteiger charge is 2.48. The molecule has 3 rings (SSSR count). The summed E-state index contributed by atoms with van der Waals surface area (Å²) in [6, 6.07) is 6.27. The Morgan fingerprint density at radius 1 is 1.33 bits per heavy atom. The zero-order valence-corrected chi connectivity index (χ0v) is 12.6. The molecule has 0 radical (unpaired) electrons. The first-order chi connectivity index (χ1) is 8.39. The van der Waals surface area contributed by atoms with Crippen LogP contribution in [0.3, 0.4) is 0 Å². The normalized spacial score (nSPS) is 33.2. The Labute approximate surface area is 117 Å². The monoisotopic (exact) mass is 309 g/mol. The van der Waals surface area contributed by atoms with Gasteiger partial charge in [0, 0.05) is 22.5 Å². The van der Waals surface area contributed by atoms with E-state index in [1.165, 1.54) is 6.42 Å². The molecule has 1 unspecified atom stereocenters. The first kappa shape index (κ1) is 12.5. The van der Waals surface area contributed by atoms with Crippen LogP contribution in [0.15, 0.2) is 22.7 Å². The van der Waals surface area contributed by atoms with Crippen molar-refractivity contribution in [1.82, 2.24) is 0 Å². The Bertz CT molecular complexity index is 485. The van der Waals surface area contributed by atoms with Gasteiger partial charge in [-0.05, 0) is 42.9 Å². The van der Waals surface area contributed by atoms with Gasteiger partial charge in [-0.25, -0.2) is 0 Å². The third kappa shape index (κ3) is 2.08. The minimum Gasteiger partial charge on any atom is -0.487 e. The summed E-state index contributed by atoms with van der Waals surface area (Å²) in [6.45, 7) is 4.65. The van der Waals surface area contributed by atoms with Crippen LogP contribution < -0.4 is 10.5 Å². The van der Waals surface area contributed by atoms with Gasteiger partial charge in [0.05, 0.1) is 0 Å². The van der Waals surface area contributed by atoms with E-state index >= 15 is 0 Å². The predicted octanol–water partition coefficient (Wildman–Crippen LogP) is 4.18. The molecule has 2 N–H and O–H groups in total. The largest absolute Gasteiger partial charge is 0.487 e. The molecule has 0 amide bonds. The van der Waals surface area contributed by atoms with Gasteiger partial charge in [-0.3, -0.25) is 0 Å². The lowest BCUT2D eigenvalue weighted by molar-refractivity contribution is 0.0331. The van der Waals surface area contributed by atoms with Crippen LogP contribution in [0.1, 0.15) is 51.1 Å². The third-order valence-corrected chi connectivity index (χ3v) is 4.84. The van der Waals surface area contributed by atoms with Gasteiger partial charge < -0.3 is 10.5 Å². The van der Waals surface area contributed by atoms with Gasteiger partial charge in [0.15, 0.2) is 0 Å². The van der Waals surface area contributed by atoms with Crippen LogP contribution in [0.4, 0.5) is 0 Å². The average Bonchev–Trinajstić information content (AvgIpc) is 2.56. The summed E-state index contributed by atoms with van der Waals surface area (Å²) in [5, 5.41) is 0.